The molecule has 0 N–H and O–H groups in total. The van der Waals surface area contributed by atoms with Crippen molar-refractivity contribution in [3.63, 3.8) is 0 Å². The minimum atomic E-state index is -0.431. The van der Waals surface area contributed by atoms with E-state index in [4.69, 9.17) is 4.74 Å². The smallest absolute Gasteiger partial charge is 0.325 e. The van der Waals surface area contributed by atoms with Gasteiger partial charge < -0.3 is 14.4 Å². The number of amides is 1. The lowest BCUT2D eigenvalue weighted by Crippen LogP contribution is -2.36. The summed E-state index contributed by atoms with van der Waals surface area (Å²) in [5.41, 5.74) is 0.520. The van der Waals surface area contributed by atoms with Crippen LogP contribution in [0, 0.1) is 0 Å². The molecule has 0 fully saturated rings. The summed E-state index contributed by atoms with van der Waals surface area (Å²) in [6.45, 7) is 6.09. The second-order valence-electron chi connectivity index (χ2n) is 4.59. The van der Waals surface area contributed by atoms with E-state index in [1.54, 1.807) is 24.3 Å². The number of nitrogens with zero attached hydrogens (tertiary/aromatic N) is 1. The Morgan fingerprint density at radius 2 is 1.80 bits per heavy atom. The Hall–Kier alpha value is -2.04. The molecule has 0 unspecified atom stereocenters. The molecule has 0 spiro atoms. The van der Waals surface area contributed by atoms with Gasteiger partial charge in [0.15, 0.2) is 0 Å². The van der Waals surface area contributed by atoms with Crippen molar-refractivity contribution in [1.29, 1.82) is 0 Å². The van der Waals surface area contributed by atoms with E-state index in [-0.39, 0.29) is 18.6 Å². The van der Waals surface area contributed by atoms with Gasteiger partial charge in [-0.25, -0.2) is 0 Å². The molecule has 0 aliphatic rings. The quantitative estimate of drug-likeness (QED) is 0.748. The SMILES string of the molecule is CCN(CC(=O)OC)C(=O)c1ccc(OC(C)C)cc1. The lowest BCUT2D eigenvalue weighted by atomic mass is 10.2. The first kappa shape index (κ1) is 16.0. The van der Waals surface area contributed by atoms with Crippen LogP contribution in [0.25, 0.3) is 0 Å². The number of esters is 1. The molecule has 0 saturated carbocycles. The highest BCUT2D eigenvalue weighted by molar-refractivity contribution is 5.96. The molecule has 110 valence electrons. The molecule has 1 aromatic rings. The van der Waals surface area contributed by atoms with Crippen molar-refractivity contribution in [2.45, 2.75) is 26.9 Å². The molecule has 0 saturated heterocycles. The van der Waals surface area contributed by atoms with E-state index < -0.39 is 5.97 Å². The Balaban J connectivity index is 2.77. The van der Waals surface area contributed by atoms with Gasteiger partial charge in [-0.15, -0.1) is 0 Å². The van der Waals surface area contributed by atoms with Gasteiger partial charge in [0.05, 0.1) is 13.2 Å². The summed E-state index contributed by atoms with van der Waals surface area (Å²) in [5, 5.41) is 0. The Bertz CT molecular complexity index is 453. The molecule has 5 heteroatoms. The molecule has 20 heavy (non-hydrogen) atoms. The van der Waals surface area contributed by atoms with Crippen molar-refractivity contribution >= 4 is 11.9 Å². The number of ether oxygens (including phenoxy) is 2. The van der Waals surface area contributed by atoms with Crippen LogP contribution in [0.5, 0.6) is 5.75 Å². The third-order valence-corrected chi connectivity index (χ3v) is 2.69. The second kappa shape index (κ2) is 7.53. The third-order valence-electron chi connectivity index (χ3n) is 2.69. The van der Waals surface area contributed by atoms with E-state index in [1.165, 1.54) is 12.0 Å². The fourth-order valence-corrected chi connectivity index (χ4v) is 1.68. The predicted molar refractivity (Wildman–Crippen MR) is 75.8 cm³/mol. The summed E-state index contributed by atoms with van der Waals surface area (Å²) < 4.78 is 10.1. The maximum absolute atomic E-state index is 12.2. The number of hydrogen-bond acceptors (Lipinski definition) is 4. The van der Waals surface area contributed by atoms with Crippen molar-refractivity contribution in [1.82, 2.24) is 4.90 Å². The van der Waals surface area contributed by atoms with E-state index in [2.05, 4.69) is 4.74 Å². The molecule has 0 heterocycles. The van der Waals surface area contributed by atoms with E-state index in [1.807, 2.05) is 20.8 Å². The molecule has 0 aromatic heterocycles. The van der Waals surface area contributed by atoms with Crippen molar-refractivity contribution in [2.75, 3.05) is 20.2 Å². The number of methoxy groups -OCH3 is 1. The summed E-state index contributed by atoms with van der Waals surface area (Å²) in [6.07, 6.45) is 0.0861. The molecule has 0 bridgehead atoms. The maximum Gasteiger partial charge on any atom is 0.325 e. The van der Waals surface area contributed by atoms with Crippen LogP contribution in [0.3, 0.4) is 0 Å². The molecule has 0 aliphatic heterocycles. The first-order chi connectivity index (χ1) is 9.47. The monoisotopic (exact) mass is 279 g/mol. The van der Waals surface area contributed by atoms with Gasteiger partial charge >= 0.3 is 5.97 Å². The van der Waals surface area contributed by atoms with Gasteiger partial charge in [-0.2, -0.15) is 0 Å². The van der Waals surface area contributed by atoms with Crippen LogP contribution < -0.4 is 4.74 Å². The van der Waals surface area contributed by atoms with Crippen LogP contribution in [0.4, 0.5) is 0 Å². The number of benzene rings is 1. The average molecular weight is 279 g/mol. The molecule has 0 aliphatic carbocycles. The zero-order valence-corrected chi connectivity index (χ0v) is 12.4. The first-order valence-electron chi connectivity index (χ1n) is 6.60. The standard InChI is InChI=1S/C15H21NO4/c1-5-16(10-14(17)19-4)15(18)12-6-8-13(9-7-12)20-11(2)3/h6-9,11H,5,10H2,1-4H3. The Kier molecular flexibility index (Phi) is 6.03. The maximum atomic E-state index is 12.2. The Labute approximate surface area is 119 Å². The fourth-order valence-electron chi connectivity index (χ4n) is 1.68. The van der Waals surface area contributed by atoms with Crippen molar-refractivity contribution in [2.24, 2.45) is 0 Å². The van der Waals surface area contributed by atoms with Crippen LogP contribution in [-0.2, 0) is 9.53 Å². The first-order valence-corrected chi connectivity index (χ1v) is 6.60. The summed E-state index contributed by atoms with van der Waals surface area (Å²) in [6, 6.07) is 6.89. The number of carbonyl (C=O) groups is 2. The lowest BCUT2D eigenvalue weighted by molar-refractivity contribution is -0.141. The van der Waals surface area contributed by atoms with Gasteiger partial charge in [0, 0.05) is 12.1 Å². The molecule has 0 atom stereocenters. The van der Waals surface area contributed by atoms with Crippen molar-refractivity contribution < 1.29 is 19.1 Å². The molecular weight excluding hydrogens is 258 g/mol. The Morgan fingerprint density at radius 3 is 2.25 bits per heavy atom. The topological polar surface area (TPSA) is 55.8 Å². The molecule has 5 nitrogen and oxygen atoms in total. The molecule has 1 aromatic carbocycles. The molecule has 0 radical (unpaired) electrons. The van der Waals surface area contributed by atoms with Gasteiger partial charge in [0.1, 0.15) is 12.3 Å². The molecular formula is C15H21NO4. The highest BCUT2D eigenvalue weighted by atomic mass is 16.5. The summed E-state index contributed by atoms with van der Waals surface area (Å²) >= 11 is 0. The number of carbonyl (C=O) groups excluding carboxylic acids is 2. The van der Waals surface area contributed by atoms with Gasteiger partial charge in [0.2, 0.25) is 0 Å². The van der Waals surface area contributed by atoms with E-state index in [0.717, 1.165) is 0 Å². The summed E-state index contributed by atoms with van der Waals surface area (Å²) in [7, 11) is 1.30. The zero-order valence-electron chi connectivity index (χ0n) is 12.4. The van der Waals surface area contributed by atoms with E-state index >= 15 is 0 Å². The number of likely N-dealkylation sites (N-methyl/N-ethyl adjacent to an activating group) is 1. The van der Waals surface area contributed by atoms with Crippen LogP contribution in [0.2, 0.25) is 0 Å². The average Bonchev–Trinajstić information content (AvgIpc) is 2.44. The number of rotatable bonds is 6. The minimum Gasteiger partial charge on any atom is -0.491 e. The highest BCUT2D eigenvalue weighted by Crippen LogP contribution is 2.15. The fraction of sp³-hybridized carbons (Fsp3) is 0.467. The van der Waals surface area contributed by atoms with Gasteiger partial charge in [0.25, 0.3) is 5.91 Å². The van der Waals surface area contributed by atoms with Crippen LogP contribution in [-0.4, -0.2) is 43.1 Å². The minimum absolute atomic E-state index is 0.0456. The van der Waals surface area contributed by atoms with Crippen LogP contribution in [0.15, 0.2) is 24.3 Å². The third kappa shape index (κ3) is 4.57. The Morgan fingerprint density at radius 1 is 1.20 bits per heavy atom. The molecule has 1 rings (SSSR count). The predicted octanol–water partition coefficient (Wildman–Crippen LogP) is 2.11. The van der Waals surface area contributed by atoms with Crippen LogP contribution in [0.1, 0.15) is 31.1 Å². The van der Waals surface area contributed by atoms with E-state index in [9.17, 15) is 9.59 Å². The van der Waals surface area contributed by atoms with Crippen molar-refractivity contribution in [3.8, 4) is 5.75 Å². The zero-order chi connectivity index (χ0) is 15.1. The van der Waals surface area contributed by atoms with E-state index in [0.29, 0.717) is 17.9 Å². The molecule has 1 amide bonds. The number of hydrogen-bond donors (Lipinski definition) is 0. The van der Waals surface area contributed by atoms with Crippen LogP contribution >= 0.6 is 0 Å². The van der Waals surface area contributed by atoms with Crippen molar-refractivity contribution in [3.05, 3.63) is 29.8 Å². The largest absolute Gasteiger partial charge is 0.491 e. The van der Waals surface area contributed by atoms with Gasteiger partial charge in [-0.3, -0.25) is 9.59 Å². The van der Waals surface area contributed by atoms with Gasteiger partial charge in [-0.05, 0) is 45.0 Å². The second-order valence-corrected chi connectivity index (χ2v) is 4.59. The van der Waals surface area contributed by atoms with Gasteiger partial charge in [-0.1, -0.05) is 0 Å². The highest BCUT2D eigenvalue weighted by Gasteiger charge is 2.17. The normalized spacial score (nSPS) is 10.2. The summed E-state index contributed by atoms with van der Waals surface area (Å²) in [4.78, 5) is 24.9. The lowest BCUT2D eigenvalue weighted by Gasteiger charge is -2.19. The summed E-state index contributed by atoms with van der Waals surface area (Å²) in [5.74, 6) is 0.0847.